The Morgan fingerprint density at radius 1 is 1.32 bits per heavy atom. The third-order valence-electron chi connectivity index (χ3n) is 6.94. The number of nitriles is 1. The molecule has 0 radical (unpaired) electrons. The summed E-state index contributed by atoms with van der Waals surface area (Å²) in [4.78, 5) is 16.5. The second-order valence-electron chi connectivity index (χ2n) is 9.91. The van der Waals surface area contributed by atoms with Crippen molar-refractivity contribution in [3.05, 3.63) is 54.5 Å². The lowest BCUT2D eigenvalue weighted by Crippen LogP contribution is -2.52. The SMILES string of the molecule is CC[C@H](C)OC(=O)[C@H](C)NP(=O)(OC[C@H]1O[C@@](C#N)(c2ccc3c(N)ncnn23)[C@](C)(O)[C@@H]1O)Oc1ccccc1. The van der Waals surface area contributed by atoms with E-state index in [0.717, 1.165) is 0 Å². The van der Waals surface area contributed by atoms with Crippen LogP contribution in [0.4, 0.5) is 5.82 Å². The number of rotatable bonds is 11. The third-order valence-corrected chi connectivity index (χ3v) is 8.59. The molecule has 0 saturated carbocycles. The first-order valence-corrected chi connectivity index (χ1v) is 14.5. The Balaban J connectivity index is 1.60. The number of aromatic nitrogens is 3. The van der Waals surface area contributed by atoms with Crippen molar-refractivity contribution in [3.63, 3.8) is 0 Å². The Morgan fingerprint density at radius 2 is 2.02 bits per heavy atom. The molecule has 41 heavy (non-hydrogen) atoms. The van der Waals surface area contributed by atoms with Crippen LogP contribution in [0.3, 0.4) is 0 Å². The normalized spacial score (nSPS) is 27.0. The summed E-state index contributed by atoms with van der Waals surface area (Å²) in [6, 6.07) is 12.0. The van der Waals surface area contributed by atoms with Gasteiger partial charge in [-0.15, -0.1) is 0 Å². The molecule has 0 amide bonds. The molecule has 0 bridgehead atoms. The number of hydrogen-bond acceptors (Lipinski definition) is 12. The number of nitrogens with two attached hydrogens (primary N) is 1. The van der Waals surface area contributed by atoms with E-state index in [1.54, 1.807) is 31.2 Å². The van der Waals surface area contributed by atoms with Crippen molar-refractivity contribution in [1.82, 2.24) is 19.7 Å². The van der Waals surface area contributed by atoms with E-state index in [-0.39, 0.29) is 23.4 Å². The molecule has 3 heterocycles. The number of esters is 1. The first kappa shape index (κ1) is 30.4. The van der Waals surface area contributed by atoms with Crippen LogP contribution in [0.1, 0.15) is 39.8 Å². The number of hydrogen-bond donors (Lipinski definition) is 4. The van der Waals surface area contributed by atoms with Crippen molar-refractivity contribution in [3.8, 4) is 11.8 Å². The van der Waals surface area contributed by atoms with Crippen molar-refractivity contribution in [1.29, 1.82) is 5.26 Å². The number of aliphatic hydroxyl groups excluding tert-OH is 1. The van der Waals surface area contributed by atoms with Gasteiger partial charge in [0.1, 0.15) is 47.5 Å². The molecule has 1 aliphatic rings. The fraction of sp³-hybridized carbons (Fsp3) is 0.462. The predicted octanol–water partition coefficient (Wildman–Crippen LogP) is 2.06. The molecular formula is C26H33N6O8P. The van der Waals surface area contributed by atoms with Crippen LogP contribution < -0.4 is 15.3 Å². The monoisotopic (exact) mass is 588 g/mol. The number of anilines is 1. The molecule has 1 aromatic carbocycles. The molecule has 0 aliphatic carbocycles. The van der Waals surface area contributed by atoms with E-state index in [1.165, 1.54) is 42.9 Å². The summed E-state index contributed by atoms with van der Waals surface area (Å²) in [5.41, 5.74) is 2.03. The quantitative estimate of drug-likeness (QED) is 0.187. The van der Waals surface area contributed by atoms with Gasteiger partial charge in [-0.2, -0.15) is 15.4 Å². The number of nitrogens with zero attached hydrogens (tertiary/aromatic N) is 4. The highest BCUT2D eigenvalue weighted by Crippen LogP contribution is 2.50. The summed E-state index contributed by atoms with van der Waals surface area (Å²) < 4.78 is 37.8. The molecule has 14 nitrogen and oxygen atoms in total. The molecule has 1 saturated heterocycles. The Labute approximate surface area is 236 Å². The van der Waals surface area contributed by atoms with Crippen LogP contribution in [0.15, 0.2) is 48.8 Å². The molecule has 5 N–H and O–H groups in total. The average Bonchev–Trinajstić information content (AvgIpc) is 3.46. The average molecular weight is 589 g/mol. The van der Waals surface area contributed by atoms with Gasteiger partial charge in [-0.25, -0.2) is 14.1 Å². The molecule has 3 aromatic rings. The summed E-state index contributed by atoms with van der Waals surface area (Å²) in [7, 11) is -4.33. The topological polar surface area (TPSA) is 204 Å². The van der Waals surface area contributed by atoms with Crippen molar-refractivity contribution in [2.45, 2.75) is 69.7 Å². The fourth-order valence-corrected chi connectivity index (χ4v) is 5.90. The minimum atomic E-state index is -4.33. The predicted molar refractivity (Wildman–Crippen MR) is 145 cm³/mol. The molecule has 1 fully saturated rings. The number of benzene rings is 1. The zero-order chi connectivity index (χ0) is 30.0. The van der Waals surface area contributed by atoms with Gasteiger partial charge >= 0.3 is 13.7 Å². The maximum absolute atomic E-state index is 13.9. The van der Waals surface area contributed by atoms with E-state index in [9.17, 15) is 24.8 Å². The Bertz CT molecular complexity index is 1480. The van der Waals surface area contributed by atoms with Gasteiger partial charge in [-0.1, -0.05) is 25.1 Å². The summed E-state index contributed by atoms with van der Waals surface area (Å²) in [6.07, 6.45) is -1.67. The highest BCUT2D eigenvalue weighted by molar-refractivity contribution is 7.52. The summed E-state index contributed by atoms with van der Waals surface area (Å²) in [5.74, 6) is -0.373. The van der Waals surface area contributed by atoms with Crippen molar-refractivity contribution in [2.75, 3.05) is 12.3 Å². The van der Waals surface area contributed by atoms with E-state index >= 15 is 0 Å². The van der Waals surface area contributed by atoms with Crippen molar-refractivity contribution in [2.24, 2.45) is 0 Å². The summed E-state index contributed by atoms with van der Waals surface area (Å²) in [6.45, 7) is 5.64. The zero-order valence-electron chi connectivity index (χ0n) is 23.0. The van der Waals surface area contributed by atoms with Gasteiger partial charge in [0.25, 0.3) is 0 Å². The van der Waals surface area contributed by atoms with E-state index in [4.69, 9.17) is 24.3 Å². The second-order valence-corrected chi connectivity index (χ2v) is 11.6. The van der Waals surface area contributed by atoms with E-state index in [0.29, 0.717) is 11.9 Å². The molecule has 15 heteroatoms. The highest BCUT2D eigenvalue weighted by atomic mass is 31.2. The maximum Gasteiger partial charge on any atom is 0.459 e. The summed E-state index contributed by atoms with van der Waals surface area (Å²) >= 11 is 0. The van der Waals surface area contributed by atoms with Crippen LogP contribution in [0.2, 0.25) is 0 Å². The standard InChI is InChI=1S/C26H33N6O8P/c1-5-16(2)38-24(34)17(3)31-41(36,40-18-9-7-6-8-10-18)37-13-20-22(33)25(4,35)26(14-27,39-20)21-12-11-19-23(28)29-15-30-32(19)21/h6-12,15-17,20,22,33,35H,5,13H2,1-4H3,(H,31,36)(H2,28,29,30)/t16-,17-,20+,22+,25+,26-,41?/m0/s1. The van der Waals surface area contributed by atoms with E-state index < -0.39 is 49.8 Å². The van der Waals surface area contributed by atoms with Crippen LogP contribution in [0.25, 0.3) is 5.52 Å². The minimum Gasteiger partial charge on any atom is -0.462 e. The largest absolute Gasteiger partial charge is 0.462 e. The molecule has 220 valence electrons. The van der Waals surface area contributed by atoms with E-state index in [2.05, 4.69) is 15.2 Å². The number of para-hydroxylation sites is 1. The lowest BCUT2D eigenvalue weighted by molar-refractivity contribution is -0.150. The third kappa shape index (κ3) is 5.78. The molecule has 2 aromatic heterocycles. The van der Waals surface area contributed by atoms with Crippen LogP contribution in [-0.4, -0.2) is 67.3 Å². The number of ether oxygens (including phenoxy) is 2. The van der Waals surface area contributed by atoms with Crippen LogP contribution in [0, 0.1) is 11.3 Å². The lowest BCUT2D eigenvalue weighted by atomic mass is 9.80. The zero-order valence-corrected chi connectivity index (χ0v) is 23.9. The molecule has 0 spiro atoms. The smallest absolute Gasteiger partial charge is 0.459 e. The van der Waals surface area contributed by atoms with Gasteiger partial charge in [-0.05, 0) is 51.5 Å². The fourth-order valence-electron chi connectivity index (χ4n) is 4.40. The molecular weight excluding hydrogens is 555 g/mol. The van der Waals surface area contributed by atoms with Crippen LogP contribution >= 0.6 is 7.75 Å². The Hall–Kier alpha value is -3.57. The number of nitrogen functional groups attached to an aromatic ring is 1. The van der Waals surface area contributed by atoms with Gasteiger partial charge in [0.15, 0.2) is 5.82 Å². The Kier molecular flexibility index (Phi) is 8.70. The first-order valence-electron chi connectivity index (χ1n) is 12.9. The second kappa shape index (κ2) is 11.7. The Morgan fingerprint density at radius 3 is 2.68 bits per heavy atom. The molecule has 4 rings (SSSR count). The van der Waals surface area contributed by atoms with Gasteiger partial charge in [0.05, 0.1) is 18.4 Å². The first-order chi connectivity index (χ1) is 19.4. The van der Waals surface area contributed by atoms with Gasteiger partial charge < -0.3 is 29.9 Å². The van der Waals surface area contributed by atoms with Crippen LogP contribution in [-0.2, 0) is 29.0 Å². The lowest BCUT2D eigenvalue weighted by Gasteiger charge is -2.33. The van der Waals surface area contributed by atoms with Gasteiger partial charge in [0, 0.05) is 0 Å². The van der Waals surface area contributed by atoms with E-state index in [1.807, 2.05) is 13.0 Å². The number of fused-ring (bicyclic) bond motifs is 1. The number of nitrogens with one attached hydrogen (secondary N) is 1. The highest BCUT2D eigenvalue weighted by Gasteiger charge is 2.65. The number of carbonyl (C=O) groups is 1. The molecule has 7 atom stereocenters. The minimum absolute atomic E-state index is 0.0823. The maximum atomic E-state index is 13.9. The summed E-state index contributed by atoms with van der Waals surface area (Å²) in [5, 5.41) is 39.5. The van der Waals surface area contributed by atoms with Crippen LogP contribution in [0.5, 0.6) is 5.75 Å². The molecule has 1 unspecified atom stereocenters. The van der Waals surface area contributed by atoms with Crippen molar-refractivity contribution < 1.29 is 38.1 Å². The molecule has 1 aliphatic heterocycles. The number of carbonyl (C=O) groups excluding carboxylic acids is 1. The number of aliphatic hydroxyl groups is 2. The van der Waals surface area contributed by atoms with Gasteiger partial charge in [0.2, 0.25) is 5.60 Å². The van der Waals surface area contributed by atoms with Crippen molar-refractivity contribution >= 4 is 25.1 Å². The van der Waals surface area contributed by atoms with Gasteiger partial charge in [-0.3, -0.25) is 9.32 Å².